The molecule has 2 aromatic heterocycles. The van der Waals surface area contributed by atoms with Crippen LogP contribution < -0.4 is 5.32 Å². The molecular formula is C18H29N3. The van der Waals surface area contributed by atoms with E-state index in [4.69, 9.17) is 4.98 Å². The van der Waals surface area contributed by atoms with Crippen LogP contribution in [-0.4, -0.2) is 14.9 Å². The number of aromatic nitrogens is 2. The van der Waals surface area contributed by atoms with E-state index >= 15 is 0 Å². The average Bonchev–Trinajstić information content (AvgIpc) is 2.65. The summed E-state index contributed by atoms with van der Waals surface area (Å²) in [6.07, 6.45) is 5.32. The molecule has 0 unspecified atom stereocenters. The van der Waals surface area contributed by atoms with Gasteiger partial charge in [-0.15, -0.1) is 0 Å². The minimum Gasteiger partial charge on any atom is -0.365 e. The van der Waals surface area contributed by atoms with Gasteiger partial charge in [0, 0.05) is 11.7 Å². The summed E-state index contributed by atoms with van der Waals surface area (Å²) in [5.41, 5.74) is 2.52. The van der Waals surface area contributed by atoms with E-state index in [0.29, 0.717) is 5.41 Å². The highest BCUT2D eigenvalue weighted by atomic mass is 15.2. The SMILES string of the molecule is CCCc1nc2ccccn2c1NC(C)(C)CC(C)(C)C. The fraction of sp³-hybridized carbons (Fsp3) is 0.611. The van der Waals surface area contributed by atoms with E-state index < -0.39 is 0 Å². The monoisotopic (exact) mass is 287 g/mol. The highest BCUT2D eigenvalue weighted by Gasteiger charge is 2.27. The summed E-state index contributed by atoms with van der Waals surface area (Å²) in [5.74, 6) is 1.15. The zero-order chi connectivity index (χ0) is 15.7. The standard InChI is InChI=1S/C18H29N3/c1-7-10-14-16(20-18(5,6)13-17(2,3)4)21-12-9-8-11-15(21)19-14/h8-9,11-12,20H,7,10,13H2,1-6H3. The molecule has 3 heteroatoms. The molecule has 0 fully saturated rings. The largest absolute Gasteiger partial charge is 0.365 e. The maximum Gasteiger partial charge on any atom is 0.138 e. The van der Waals surface area contributed by atoms with Crippen molar-refractivity contribution in [1.82, 2.24) is 9.38 Å². The highest BCUT2D eigenvalue weighted by Crippen LogP contribution is 2.31. The number of pyridine rings is 1. The van der Waals surface area contributed by atoms with Crippen molar-refractivity contribution in [3.05, 3.63) is 30.1 Å². The molecule has 21 heavy (non-hydrogen) atoms. The van der Waals surface area contributed by atoms with Crippen LogP contribution in [0.3, 0.4) is 0 Å². The Balaban J connectivity index is 2.38. The molecule has 0 aromatic carbocycles. The number of nitrogens with one attached hydrogen (secondary N) is 1. The first-order chi connectivity index (χ1) is 9.72. The first-order valence-electron chi connectivity index (χ1n) is 7.96. The van der Waals surface area contributed by atoms with Crippen LogP contribution in [0.1, 0.15) is 60.1 Å². The van der Waals surface area contributed by atoms with E-state index in [1.165, 1.54) is 5.69 Å². The van der Waals surface area contributed by atoms with Gasteiger partial charge in [-0.05, 0) is 44.2 Å². The lowest BCUT2D eigenvalue weighted by molar-refractivity contribution is 0.302. The van der Waals surface area contributed by atoms with Crippen LogP contribution in [0, 0.1) is 5.41 Å². The Labute approximate surface area is 128 Å². The van der Waals surface area contributed by atoms with Crippen molar-refractivity contribution in [2.75, 3.05) is 5.32 Å². The number of hydrogen-bond donors (Lipinski definition) is 1. The Hall–Kier alpha value is -1.51. The predicted octanol–water partition coefficient (Wildman–Crippen LogP) is 4.91. The quantitative estimate of drug-likeness (QED) is 0.846. The zero-order valence-corrected chi connectivity index (χ0v) is 14.3. The Morgan fingerprint density at radius 1 is 1.14 bits per heavy atom. The van der Waals surface area contributed by atoms with Crippen molar-refractivity contribution in [3.63, 3.8) is 0 Å². The molecule has 0 aliphatic carbocycles. The highest BCUT2D eigenvalue weighted by molar-refractivity contribution is 5.56. The summed E-state index contributed by atoms with van der Waals surface area (Å²) >= 11 is 0. The van der Waals surface area contributed by atoms with Crippen LogP contribution in [0.2, 0.25) is 0 Å². The molecule has 3 nitrogen and oxygen atoms in total. The van der Waals surface area contributed by atoms with E-state index in [9.17, 15) is 0 Å². The molecule has 2 aromatic rings. The fourth-order valence-electron chi connectivity index (χ4n) is 3.28. The fourth-order valence-corrected chi connectivity index (χ4v) is 3.28. The Morgan fingerprint density at radius 3 is 2.48 bits per heavy atom. The zero-order valence-electron chi connectivity index (χ0n) is 14.3. The number of anilines is 1. The molecular weight excluding hydrogens is 258 g/mol. The molecule has 0 amide bonds. The van der Waals surface area contributed by atoms with Crippen molar-refractivity contribution < 1.29 is 0 Å². The summed E-state index contributed by atoms with van der Waals surface area (Å²) in [4.78, 5) is 4.78. The van der Waals surface area contributed by atoms with Crippen molar-refractivity contribution in [2.24, 2.45) is 5.41 Å². The van der Waals surface area contributed by atoms with Crippen molar-refractivity contribution >= 4 is 11.5 Å². The van der Waals surface area contributed by atoms with Gasteiger partial charge in [0.1, 0.15) is 11.5 Å². The third kappa shape index (κ3) is 3.99. The van der Waals surface area contributed by atoms with Crippen LogP contribution >= 0.6 is 0 Å². The molecule has 0 saturated heterocycles. The average molecular weight is 287 g/mol. The molecule has 2 heterocycles. The van der Waals surface area contributed by atoms with Crippen molar-refractivity contribution in [1.29, 1.82) is 0 Å². The van der Waals surface area contributed by atoms with Gasteiger partial charge in [-0.2, -0.15) is 0 Å². The van der Waals surface area contributed by atoms with E-state index in [-0.39, 0.29) is 5.54 Å². The lowest BCUT2D eigenvalue weighted by atomic mass is 9.82. The van der Waals surface area contributed by atoms with Crippen LogP contribution in [0.25, 0.3) is 5.65 Å². The van der Waals surface area contributed by atoms with Gasteiger partial charge in [0.2, 0.25) is 0 Å². The summed E-state index contributed by atoms with van der Waals surface area (Å²) < 4.78 is 2.18. The van der Waals surface area contributed by atoms with E-state index in [1.807, 2.05) is 6.07 Å². The number of rotatable bonds is 5. The number of nitrogens with zero attached hydrogens (tertiary/aromatic N) is 2. The van der Waals surface area contributed by atoms with Gasteiger partial charge in [0.15, 0.2) is 0 Å². The molecule has 2 rings (SSSR count). The summed E-state index contributed by atoms with van der Waals surface area (Å²) in [5, 5.41) is 3.75. The number of imidazole rings is 1. The van der Waals surface area contributed by atoms with Crippen LogP contribution in [-0.2, 0) is 6.42 Å². The Kier molecular flexibility index (Phi) is 4.31. The molecule has 0 aliphatic heterocycles. The molecule has 116 valence electrons. The van der Waals surface area contributed by atoms with E-state index in [1.54, 1.807) is 0 Å². The van der Waals surface area contributed by atoms with Gasteiger partial charge in [-0.3, -0.25) is 4.40 Å². The second-order valence-corrected chi connectivity index (χ2v) is 7.83. The minimum atomic E-state index is 0.0343. The first kappa shape index (κ1) is 15.9. The first-order valence-corrected chi connectivity index (χ1v) is 7.96. The van der Waals surface area contributed by atoms with Crippen molar-refractivity contribution in [2.45, 2.75) is 66.3 Å². The van der Waals surface area contributed by atoms with E-state index in [0.717, 1.165) is 30.7 Å². The molecule has 0 bridgehead atoms. The molecule has 0 radical (unpaired) electrons. The van der Waals surface area contributed by atoms with Gasteiger partial charge in [-0.1, -0.05) is 40.2 Å². The molecule has 0 atom stereocenters. The van der Waals surface area contributed by atoms with Crippen molar-refractivity contribution in [3.8, 4) is 0 Å². The maximum absolute atomic E-state index is 4.78. The van der Waals surface area contributed by atoms with Crippen LogP contribution in [0.15, 0.2) is 24.4 Å². The van der Waals surface area contributed by atoms with Gasteiger partial charge in [0.05, 0.1) is 5.69 Å². The normalized spacial score (nSPS) is 12.9. The van der Waals surface area contributed by atoms with Gasteiger partial charge < -0.3 is 5.32 Å². The molecule has 0 aliphatic rings. The summed E-state index contributed by atoms with van der Waals surface area (Å²) in [6.45, 7) is 13.6. The smallest absolute Gasteiger partial charge is 0.138 e. The predicted molar refractivity (Wildman–Crippen MR) is 91.0 cm³/mol. The van der Waals surface area contributed by atoms with Crippen LogP contribution in [0.4, 0.5) is 5.82 Å². The summed E-state index contributed by atoms with van der Waals surface area (Å²) in [7, 11) is 0. The van der Waals surface area contributed by atoms with E-state index in [2.05, 4.69) is 69.6 Å². The second-order valence-electron chi connectivity index (χ2n) is 7.83. The Morgan fingerprint density at radius 2 is 1.86 bits per heavy atom. The maximum atomic E-state index is 4.78. The van der Waals surface area contributed by atoms with Gasteiger partial charge in [0.25, 0.3) is 0 Å². The topological polar surface area (TPSA) is 29.3 Å². The number of aryl methyl sites for hydroxylation is 1. The lowest BCUT2D eigenvalue weighted by Crippen LogP contribution is -2.36. The Bertz CT molecular complexity index is 602. The molecule has 1 N–H and O–H groups in total. The summed E-state index contributed by atoms with van der Waals surface area (Å²) in [6, 6.07) is 6.18. The lowest BCUT2D eigenvalue weighted by Gasteiger charge is -2.34. The minimum absolute atomic E-state index is 0.0343. The van der Waals surface area contributed by atoms with Crippen LogP contribution in [0.5, 0.6) is 0 Å². The third-order valence-electron chi connectivity index (χ3n) is 3.52. The van der Waals surface area contributed by atoms with Gasteiger partial charge >= 0.3 is 0 Å². The third-order valence-corrected chi connectivity index (χ3v) is 3.52. The van der Waals surface area contributed by atoms with Gasteiger partial charge in [-0.25, -0.2) is 4.98 Å². The molecule has 0 saturated carbocycles. The second kappa shape index (κ2) is 5.70. The number of hydrogen-bond acceptors (Lipinski definition) is 2. The molecule has 0 spiro atoms. The number of fused-ring (bicyclic) bond motifs is 1.